The van der Waals surface area contributed by atoms with Crippen LogP contribution in [0, 0.1) is 17.6 Å². The van der Waals surface area contributed by atoms with Crippen molar-refractivity contribution in [2.75, 3.05) is 18.0 Å². The molecule has 0 radical (unpaired) electrons. The third-order valence-electron chi connectivity index (χ3n) is 5.62. The number of fused-ring (bicyclic) bond motifs is 1. The van der Waals surface area contributed by atoms with Crippen molar-refractivity contribution < 1.29 is 13.6 Å². The minimum absolute atomic E-state index is 0.0543. The van der Waals surface area contributed by atoms with Crippen LogP contribution in [-0.4, -0.2) is 29.0 Å². The zero-order valence-corrected chi connectivity index (χ0v) is 15.8. The van der Waals surface area contributed by atoms with E-state index in [0.717, 1.165) is 42.8 Å². The second kappa shape index (κ2) is 8.20. The standard InChI is InChI=1S/C21H24F2N4O/c22-17-6-4-15(18(23)11-17)12-24-20(28)14-5-7-19-16(10-14)13-25-21(26-19)27-8-2-1-3-9-27/h4,6,11,13-14H,1-3,5,7-10,12H2,(H,24,28)/t14-/m1/s1. The summed E-state index contributed by atoms with van der Waals surface area (Å²) in [4.78, 5) is 24.0. The Morgan fingerprint density at radius 1 is 1.21 bits per heavy atom. The van der Waals surface area contributed by atoms with Gasteiger partial charge in [0.1, 0.15) is 11.6 Å². The van der Waals surface area contributed by atoms with Crippen molar-refractivity contribution in [2.24, 2.45) is 5.92 Å². The first-order valence-corrected chi connectivity index (χ1v) is 9.91. The molecule has 0 bridgehead atoms. The average Bonchev–Trinajstić information content (AvgIpc) is 2.73. The number of nitrogens with zero attached hydrogens (tertiary/aromatic N) is 3. The number of anilines is 1. The lowest BCUT2D eigenvalue weighted by Crippen LogP contribution is -2.35. The summed E-state index contributed by atoms with van der Waals surface area (Å²) in [5.74, 6) is -0.767. The number of aryl methyl sites for hydroxylation is 1. The van der Waals surface area contributed by atoms with Gasteiger partial charge in [0.2, 0.25) is 11.9 Å². The minimum Gasteiger partial charge on any atom is -0.352 e. The molecule has 1 aliphatic carbocycles. The van der Waals surface area contributed by atoms with Gasteiger partial charge in [-0.1, -0.05) is 6.07 Å². The summed E-state index contributed by atoms with van der Waals surface area (Å²) in [6, 6.07) is 3.38. The van der Waals surface area contributed by atoms with Gasteiger partial charge in [-0.2, -0.15) is 0 Å². The molecule has 2 aromatic rings. The molecule has 4 rings (SSSR count). The summed E-state index contributed by atoms with van der Waals surface area (Å²) in [6.07, 6.45) is 7.51. The number of hydrogen-bond donors (Lipinski definition) is 1. The van der Waals surface area contributed by atoms with E-state index in [2.05, 4.69) is 15.2 Å². The van der Waals surface area contributed by atoms with Crippen molar-refractivity contribution in [1.29, 1.82) is 0 Å². The van der Waals surface area contributed by atoms with Crippen LogP contribution in [0.2, 0.25) is 0 Å². The highest BCUT2D eigenvalue weighted by Crippen LogP contribution is 2.26. The molecule has 148 valence electrons. The molecule has 1 saturated heterocycles. The predicted octanol–water partition coefficient (Wildman–Crippen LogP) is 3.17. The van der Waals surface area contributed by atoms with Crippen LogP contribution in [0.5, 0.6) is 0 Å². The fraction of sp³-hybridized carbons (Fsp3) is 0.476. The number of nitrogens with one attached hydrogen (secondary N) is 1. The number of rotatable bonds is 4. The van der Waals surface area contributed by atoms with Crippen molar-refractivity contribution >= 4 is 11.9 Å². The number of piperidine rings is 1. The monoisotopic (exact) mass is 386 g/mol. The second-order valence-electron chi connectivity index (χ2n) is 7.58. The van der Waals surface area contributed by atoms with Crippen LogP contribution in [0.3, 0.4) is 0 Å². The van der Waals surface area contributed by atoms with E-state index < -0.39 is 11.6 Å². The molecule has 0 saturated carbocycles. The van der Waals surface area contributed by atoms with Gasteiger partial charge in [0.25, 0.3) is 0 Å². The number of benzene rings is 1. The third-order valence-corrected chi connectivity index (χ3v) is 5.62. The van der Waals surface area contributed by atoms with Crippen LogP contribution in [0.15, 0.2) is 24.4 Å². The topological polar surface area (TPSA) is 58.1 Å². The van der Waals surface area contributed by atoms with Gasteiger partial charge in [0, 0.05) is 49.1 Å². The molecule has 1 aliphatic heterocycles. The fourth-order valence-corrected chi connectivity index (χ4v) is 3.96. The number of hydrogen-bond acceptors (Lipinski definition) is 4. The summed E-state index contributed by atoms with van der Waals surface area (Å²) in [5.41, 5.74) is 2.32. The van der Waals surface area contributed by atoms with E-state index in [-0.39, 0.29) is 23.9 Å². The smallest absolute Gasteiger partial charge is 0.225 e. The molecule has 7 heteroatoms. The summed E-state index contributed by atoms with van der Waals surface area (Å²) < 4.78 is 26.7. The molecule has 0 spiro atoms. The second-order valence-corrected chi connectivity index (χ2v) is 7.58. The third kappa shape index (κ3) is 4.13. The molecule has 28 heavy (non-hydrogen) atoms. The lowest BCUT2D eigenvalue weighted by Gasteiger charge is -2.28. The molecule has 1 amide bonds. The molecule has 1 aromatic heterocycles. The van der Waals surface area contributed by atoms with E-state index in [1.54, 1.807) is 0 Å². The van der Waals surface area contributed by atoms with Crippen molar-refractivity contribution in [3.63, 3.8) is 0 Å². The first-order chi connectivity index (χ1) is 13.6. The van der Waals surface area contributed by atoms with E-state index in [4.69, 9.17) is 4.98 Å². The zero-order chi connectivity index (χ0) is 19.5. The van der Waals surface area contributed by atoms with E-state index in [1.165, 1.54) is 31.4 Å². The molecular weight excluding hydrogens is 362 g/mol. The Balaban J connectivity index is 1.37. The van der Waals surface area contributed by atoms with Gasteiger partial charge < -0.3 is 10.2 Å². The number of carbonyl (C=O) groups is 1. The van der Waals surface area contributed by atoms with Crippen LogP contribution in [0.25, 0.3) is 0 Å². The Bertz CT molecular complexity index is 867. The first-order valence-electron chi connectivity index (χ1n) is 9.91. The molecule has 1 N–H and O–H groups in total. The largest absolute Gasteiger partial charge is 0.352 e. The average molecular weight is 386 g/mol. The molecule has 1 fully saturated rings. The maximum Gasteiger partial charge on any atom is 0.225 e. The summed E-state index contributed by atoms with van der Waals surface area (Å²) >= 11 is 0. The summed E-state index contributed by atoms with van der Waals surface area (Å²) in [7, 11) is 0. The van der Waals surface area contributed by atoms with Gasteiger partial charge in [0.05, 0.1) is 0 Å². The van der Waals surface area contributed by atoms with Crippen LogP contribution in [-0.2, 0) is 24.2 Å². The maximum atomic E-state index is 13.7. The van der Waals surface area contributed by atoms with Crippen LogP contribution >= 0.6 is 0 Å². The van der Waals surface area contributed by atoms with Crippen LogP contribution in [0.1, 0.15) is 42.5 Å². The molecule has 1 atom stereocenters. The van der Waals surface area contributed by atoms with Gasteiger partial charge in [-0.15, -0.1) is 0 Å². The van der Waals surface area contributed by atoms with Gasteiger partial charge >= 0.3 is 0 Å². The fourth-order valence-electron chi connectivity index (χ4n) is 3.96. The normalized spacial score (nSPS) is 19.2. The Kier molecular flexibility index (Phi) is 5.50. The van der Waals surface area contributed by atoms with E-state index in [0.29, 0.717) is 12.8 Å². The highest BCUT2D eigenvalue weighted by atomic mass is 19.1. The lowest BCUT2D eigenvalue weighted by molar-refractivity contribution is -0.125. The number of amides is 1. The SMILES string of the molecule is O=C(NCc1ccc(F)cc1F)[C@@H]1CCc2nc(N3CCCCC3)ncc2C1. The van der Waals surface area contributed by atoms with Gasteiger partial charge in [-0.05, 0) is 50.2 Å². The zero-order valence-electron chi connectivity index (χ0n) is 15.8. The highest BCUT2D eigenvalue weighted by molar-refractivity contribution is 5.79. The molecule has 0 unspecified atom stereocenters. The van der Waals surface area contributed by atoms with Crippen molar-refractivity contribution in [3.05, 3.63) is 52.9 Å². The van der Waals surface area contributed by atoms with Gasteiger partial charge in [0.15, 0.2) is 0 Å². The van der Waals surface area contributed by atoms with Crippen molar-refractivity contribution in [2.45, 2.75) is 45.1 Å². The van der Waals surface area contributed by atoms with Gasteiger partial charge in [-0.25, -0.2) is 18.7 Å². The van der Waals surface area contributed by atoms with E-state index in [9.17, 15) is 13.6 Å². The molecule has 2 heterocycles. The highest BCUT2D eigenvalue weighted by Gasteiger charge is 2.27. The molecular formula is C21H24F2N4O. The Hall–Kier alpha value is -2.57. The molecule has 1 aromatic carbocycles. The lowest BCUT2D eigenvalue weighted by atomic mass is 9.86. The minimum atomic E-state index is -0.645. The van der Waals surface area contributed by atoms with E-state index in [1.807, 2.05) is 6.20 Å². The van der Waals surface area contributed by atoms with Crippen molar-refractivity contribution in [3.8, 4) is 0 Å². The number of halogens is 2. The molecule has 2 aliphatic rings. The number of carbonyl (C=O) groups excluding carboxylic acids is 1. The predicted molar refractivity (Wildman–Crippen MR) is 102 cm³/mol. The Morgan fingerprint density at radius 2 is 2.04 bits per heavy atom. The maximum absolute atomic E-state index is 13.7. The van der Waals surface area contributed by atoms with Crippen molar-refractivity contribution in [1.82, 2.24) is 15.3 Å². The van der Waals surface area contributed by atoms with Crippen LogP contribution in [0.4, 0.5) is 14.7 Å². The summed E-state index contributed by atoms with van der Waals surface area (Å²) in [6.45, 7) is 2.06. The number of aromatic nitrogens is 2. The van der Waals surface area contributed by atoms with Gasteiger partial charge in [-0.3, -0.25) is 4.79 Å². The van der Waals surface area contributed by atoms with E-state index >= 15 is 0 Å². The summed E-state index contributed by atoms with van der Waals surface area (Å²) in [5, 5.41) is 2.77. The Labute approximate surface area is 163 Å². The quantitative estimate of drug-likeness (QED) is 0.877. The first kappa shape index (κ1) is 18.8. The molecule has 5 nitrogen and oxygen atoms in total. The Morgan fingerprint density at radius 3 is 2.82 bits per heavy atom. The van der Waals surface area contributed by atoms with Crippen LogP contribution < -0.4 is 10.2 Å².